The van der Waals surface area contributed by atoms with Crippen LogP contribution >= 0.6 is 0 Å². The fourth-order valence-corrected chi connectivity index (χ4v) is 3.32. The van der Waals surface area contributed by atoms with Crippen molar-refractivity contribution in [2.45, 2.75) is 6.61 Å². The minimum atomic E-state index is -0.293. The van der Waals surface area contributed by atoms with Crippen LogP contribution in [0.5, 0.6) is 5.75 Å². The third-order valence-electron chi connectivity index (χ3n) is 4.57. The zero-order valence-electron chi connectivity index (χ0n) is 13.6. The van der Waals surface area contributed by atoms with Crippen LogP contribution in [0.25, 0.3) is 22.3 Å². The summed E-state index contributed by atoms with van der Waals surface area (Å²) in [4.78, 5) is 17.5. The normalized spacial score (nSPS) is 12.3. The number of ether oxygens (including phenoxy) is 1. The highest BCUT2D eigenvalue weighted by Gasteiger charge is 2.32. The Kier molecular flexibility index (Phi) is 3.15. The fourth-order valence-electron chi connectivity index (χ4n) is 3.32. The predicted octanol–water partition coefficient (Wildman–Crippen LogP) is 4.42. The average Bonchev–Trinajstić information content (AvgIpc) is 3.24. The topological polar surface area (TPSA) is 44.1 Å². The summed E-state index contributed by atoms with van der Waals surface area (Å²) in [6.07, 6.45) is 1.73. The van der Waals surface area contributed by atoms with E-state index in [1.807, 2.05) is 36.4 Å². The second kappa shape index (κ2) is 5.52. The average molecular weight is 344 g/mol. The van der Waals surface area contributed by atoms with Gasteiger partial charge in [-0.05, 0) is 42.0 Å². The SMILES string of the molecule is O=C1c2c(nc3ccccc3c2OCc2ccc(F)cc2)-c2cccn21. The Morgan fingerprint density at radius 2 is 1.81 bits per heavy atom. The van der Waals surface area contributed by atoms with Crippen LogP contribution in [0.15, 0.2) is 66.9 Å². The Morgan fingerprint density at radius 3 is 2.65 bits per heavy atom. The largest absolute Gasteiger partial charge is 0.487 e. The maximum atomic E-state index is 13.1. The molecule has 26 heavy (non-hydrogen) atoms. The van der Waals surface area contributed by atoms with Gasteiger partial charge in [-0.15, -0.1) is 0 Å². The van der Waals surface area contributed by atoms with E-state index in [4.69, 9.17) is 4.74 Å². The molecule has 0 radical (unpaired) electrons. The van der Waals surface area contributed by atoms with Gasteiger partial charge in [-0.25, -0.2) is 9.37 Å². The molecule has 0 atom stereocenters. The molecule has 1 aliphatic rings. The molecule has 2 aromatic carbocycles. The second-order valence-corrected chi connectivity index (χ2v) is 6.17. The predicted molar refractivity (Wildman–Crippen MR) is 95.6 cm³/mol. The number of hydrogen-bond acceptors (Lipinski definition) is 3. The zero-order valence-corrected chi connectivity index (χ0v) is 13.6. The van der Waals surface area contributed by atoms with Gasteiger partial charge in [-0.2, -0.15) is 0 Å². The summed E-state index contributed by atoms with van der Waals surface area (Å²) >= 11 is 0. The number of halogens is 1. The maximum absolute atomic E-state index is 13.1. The van der Waals surface area contributed by atoms with Crippen LogP contribution < -0.4 is 4.74 Å². The smallest absolute Gasteiger partial charge is 0.268 e. The maximum Gasteiger partial charge on any atom is 0.268 e. The van der Waals surface area contributed by atoms with Gasteiger partial charge in [0.2, 0.25) is 0 Å². The van der Waals surface area contributed by atoms with Gasteiger partial charge < -0.3 is 4.74 Å². The lowest BCUT2D eigenvalue weighted by atomic mass is 10.1. The summed E-state index contributed by atoms with van der Waals surface area (Å²) in [6, 6.07) is 17.4. The molecule has 0 bridgehead atoms. The Bertz CT molecular complexity index is 1160. The van der Waals surface area contributed by atoms with Crippen molar-refractivity contribution in [1.82, 2.24) is 9.55 Å². The van der Waals surface area contributed by atoms with Crippen LogP contribution in [0.1, 0.15) is 15.9 Å². The summed E-state index contributed by atoms with van der Waals surface area (Å²) in [5.74, 6) is 0.0783. The molecule has 5 heteroatoms. The van der Waals surface area contributed by atoms with Crippen molar-refractivity contribution in [3.63, 3.8) is 0 Å². The molecule has 0 fully saturated rings. The van der Waals surface area contributed by atoms with E-state index in [1.54, 1.807) is 22.9 Å². The fraction of sp³-hybridized carbons (Fsp3) is 0.0476. The molecule has 4 aromatic rings. The first-order valence-corrected chi connectivity index (χ1v) is 8.25. The molecule has 0 unspecified atom stereocenters. The van der Waals surface area contributed by atoms with E-state index >= 15 is 0 Å². The molecule has 0 N–H and O–H groups in total. The van der Waals surface area contributed by atoms with Gasteiger partial charge in [0.15, 0.2) is 0 Å². The molecule has 0 spiro atoms. The van der Waals surface area contributed by atoms with Gasteiger partial charge in [-0.3, -0.25) is 9.36 Å². The molecular weight excluding hydrogens is 331 g/mol. The van der Waals surface area contributed by atoms with E-state index in [9.17, 15) is 9.18 Å². The minimum absolute atomic E-state index is 0.146. The molecule has 0 amide bonds. The first-order valence-electron chi connectivity index (χ1n) is 8.25. The number of carbonyl (C=O) groups is 1. The number of para-hydroxylation sites is 1. The van der Waals surface area contributed by atoms with Gasteiger partial charge in [0.05, 0.1) is 11.2 Å². The molecule has 0 saturated carbocycles. The number of aromatic nitrogens is 2. The van der Waals surface area contributed by atoms with Gasteiger partial charge in [0.1, 0.15) is 29.4 Å². The van der Waals surface area contributed by atoms with Crippen LogP contribution in [-0.2, 0) is 6.61 Å². The van der Waals surface area contributed by atoms with Crippen molar-refractivity contribution in [2.75, 3.05) is 0 Å². The van der Waals surface area contributed by atoms with Crippen molar-refractivity contribution in [3.8, 4) is 17.1 Å². The van der Waals surface area contributed by atoms with Crippen LogP contribution in [-0.4, -0.2) is 15.5 Å². The number of nitrogens with zero attached hydrogens (tertiary/aromatic N) is 2. The molecule has 1 aliphatic heterocycles. The quantitative estimate of drug-likeness (QED) is 0.486. The lowest BCUT2D eigenvalue weighted by Gasteiger charge is -2.13. The van der Waals surface area contributed by atoms with E-state index < -0.39 is 0 Å². The van der Waals surface area contributed by atoms with Crippen LogP contribution in [0.2, 0.25) is 0 Å². The van der Waals surface area contributed by atoms with Gasteiger partial charge in [0.25, 0.3) is 5.91 Å². The number of pyridine rings is 1. The highest BCUT2D eigenvalue weighted by molar-refractivity contribution is 6.13. The number of hydrogen-bond donors (Lipinski definition) is 0. The number of rotatable bonds is 3. The third kappa shape index (κ3) is 2.14. The van der Waals surface area contributed by atoms with E-state index in [0.717, 1.165) is 22.2 Å². The zero-order chi connectivity index (χ0) is 17.7. The molecule has 126 valence electrons. The van der Waals surface area contributed by atoms with Crippen molar-refractivity contribution in [3.05, 3.63) is 83.8 Å². The Balaban J connectivity index is 1.66. The van der Waals surface area contributed by atoms with Gasteiger partial charge >= 0.3 is 0 Å². The molecule has 2 aromatic heterocycles. The van der Waals surface area contributed by atoms with E-state index in [2.05, 4.69) is 4.98 Å². The van der Waals surface area contributed by atoms with Crippen molar-refractivity contribution in [2.24, 2.45) is 0 Å². The van der Waals surface area contributed by atoms with E-state index in [0.29, 0.717) is 17.0 Å². The Labute approximate surface area is 148 Å². The standard InChI is InChI=1S/C21H13FN2O2/c22-14-9-7-13(8-10-14)12-26-20-15-4-1-2-5-16(15)23-19-17-6-3-11-24(17)21(25)18(19)20/h1-11H,12H2. The molecule has 3 heterocycles. The van der Waals surface area contributed by atoms with Crippen molar-refractivity contribution < 1.29 is 13.9 Å². The Morgan fingerprint density at radius 1 is 1.00 bits per heavy atom. The van der Waals surface area contributed by atoms with Gasteiger partial charge in [0, 0.05) is 11.6 Å². The van der Waals surface area contributed by atoms with E-state index in [-0.39, 0.29) is 18.3 Å². The minimum Gasteiger partial charge on any atom is -0.487 e. The lowest BCUT2D eigenvalue weighted by Crippen LogP contribution is -2.08. The Hall–Kier alpha value is -3.47. The van der Waals surface area contributed by atoms with E-state index in [1.165, 1.54) is 12.1 Å². The second-order valence-electron chi connectivity index (χ2n) is 6.17. The highest BCUT2D eigenvalue weighted by Crippen LogP contribution is 2.40. The number of fused-ring (bicyclic) bond motifs is 4. The molecular formula is C21H13FN2O2. The summed E-state index contributed by atoms with van der Waals surface area (Å²) in [7, 11) is 0. The molecule has 5 rings (SSSR count). The van der Waals surface area contributed by atoms with Crippen molar-refractivity contribution >= 4 is 16.8 Å². The van der Waals surface area contributed by atoms with Crippen LogP contribution in [0.4, 0.5) is 4.39 Å². The summed E-state index contributed by atoms with van der Waals surface area (Å²) in [6.45, 7) is 0.239. The molecule has 0 aliphatic carbocycles. The van der Waals surface area contributed by atoms with Crippen LogP contribution in [0.3, 0.4) is 0 Å². The number of carbonyl (C=O) groups excluding carboxylic acids is 1. The first-order chi connectivity index (χ1) is 12.7. The molecule has 4 nitrogen and oxygen atoms in total. The monoisotopic (exact) mass is 344 g/mol. The third-order valence-corrected chi connectivity index (χ3v) is 4.57. The molecule has 0 saturated heterocycles. The first kappa shape index (κ1) is 14.8. The number of benzene rings is 2. The summed E-state index contributed by atoms with van der Waals surface area (Å²) in [5.41, 5.74) is 3.46. The summed E-state index contributed by atoms with van der Waals surface area (Å²) in [5, 5.41) is 0.785. The summed E-state index contributed by atoms with van der Waals surface area (Å²) < 4.78 is 20.8. The lowest BCUT2D eigenvalue weighted by molar-refractivity contribution is 0.0965. The highest BCUT2D eigenvalue weighted by atomic mass is 19.1. The van der Waals surface area contributed by atoms with Crippen LogP contribution in [0, 0.1) is 5.82 Å². The van der Waals surface area contributed by atoms with Crippen molar-refractivity contribution in [1.29, 1.82) is 0 Å². The van der Waals surface area contributed by atoms with Gasteiger partial charge in [-0.1, -0.05) is 24.3 Å².